The van der Waals surface area contributed by atoms with E-state index in [0.29, 0.717) is 6.04 Å². The fraction of sp³-hybridized carbons (Fsp3) is 0.727. The summed E-state index contributed by atoms with van der Waals surface area (Å²) in [6, 6.07) is 4.81. The smallest absolute Gasteiger partial charge is 0.224 e. The van der Waals surface area contributed by atoms with Gasteiger partial charge >= 0.3 is 0 Å². The van der Waals surface area contributed by atoms with Gasteiger partial charge in [-0.15, -0.1) is 0 Å². The number of likely N-dealkylation sites (tertiary alicyclic amines) is 2. The summed E-state index contributed by atoms with van der Waals surface area (Å²) in [5, 5.41) is 3.16. The van der Waals surface area contributed by atoms with Crippen LogP contribution >= 0.6 is 0 Å². The van der Waals surface area contributed by atoms with Crippen LogP contribution in [0.25, 0.3) is 0 Å². The van der Waals surface area contributed by atoms with E-state index in [0.717, 1.165) is 65.1 Å². The molecule has 1 aromatic heterocycles. The number of aromatic nitrogens is 1. The van der Waals surface area contributed by atoms with Crippen LogP contribution in [-0.2, 0) is 11.3 Å². The van der Waals surface area contributed by atoms with Crippen molar-refractivity contribution in [2.45, 2.75) is 44.7 Å². The molecule has 1 atom stereocenters. The largest absolute Gasteiger partial charge is 0.356 e. The number of hydrogen-bond donors (Lipinski definition) is 1. The summed E-state index contributed by atoms with van der Waals surface area (Å²) in [5.74, 6) is 0.430. The summed E-state index contributed by atoms with van der Waals surface area (Å²) in [7, 11) is 4.14. The summed E-state index contributed by atoms with van der Waals surface area (Å²) in [6.45, 7) is 7.17. The summed E-state index contributed by atoms with van der Waals surface area (Å²) >= 11 is 0. The molecule has 2 aliphatic rings. The Hall–Kier alpha value is -1.50. The van der Waals surface area contributed by atoms with Crippen LogP contribution in [0.4, 0.5) is 0 Å². The van der Waals surface area contributed by atoms with Crippen molar-refractivity contribution in [2.24, 2.45) is 5.92 Å². The maximum absolute atomic E-state index is 12.6. The number of carbonyl (C=O) groups excluding carboxylic acids is 1. The van der Waals surface area contributed by atoms with Gasteiger partial charge in [0.25, 0.3) is 0 Å². The van der Waals surface area contributed by atoms with E-state index in [1.807, 2.05) is 18.5 Å². The molecule has 156 valence electrons. The van der Waals surface area contributed by atoms with Crippen LogP contribution in [0.5, 0.6) is 0 Å². The van der Waals surface area contributed by atoms with E-state index < -0.39 is 0 Å². The number of amides is 1. The van der Waals surface area contributed by atoms with Gasteiger partial charge < -0.3 is 10.2 Å². The number of hydrogen-bond acceptors (Lipinski definition) is 5. The Kier molecular flexibility index (Phi) is 8.25. The summed E-state index contributed by atoms with van der Waals surface area (Å²) < 4.78 is 0. The lowest BCUT2D eigenvalue weighted by molar-refractivity contribution is -0.127. The molecule has 0 radical (unpaired) electrons. The highest BCUT2D eigenvalue weighted by Crippen LogP contribution is 2.24. The summed E-state index contributed by atoms with van der Waals surface area (Å²) in [6.07, 6.45) is 9.42. The van der Waals surface area contributed by atoms with Crippen LogP contribution < -0.4 is 5.32 Å². The van der Waals surface area contributed by atoms with Gasteiger partial charge in [0.1, 0.15) is 0 Å². The Morgan fingerprint density at radius 2 is 2.07 bits per heavy atom. The van der Waals surface area contributed by atoms with Crippen molar-refractivity contribution in [1.82, 2.24) is 25.0 Å². The molecule has 0 saturated carbocycles. The minimum Gasteiger partial charge on any atom is -0.356 e. The molecule has 6 heteroatoms. The first-order valence-corrected chi connectivity index (χ1v) is 10.9. The topological polar surface area (TPSA) is 51.7 Å². The molecule has 2 saturated heterocycles. The zero-order valence-electron chi connectivity index (χ0n) is 17.6. The molecule has 1 aromatic rings. The van der Waals surface area contributed by atoms with Crippen LogP contribution in [0.1, 0.15) is 37.7 Å². The number of pyridine rings is 1. The summed E-state index contributed by atoms with van der Waals surface area (Å²) in [5.41, 5.74) is 1.30. The van der Waals surface area contributed by atoms with Gasteiger partial charge in [-0.05, 0) is 84.0 Å². The molecule has 2 aliphatic heterocycles. The average molecular weight is 388 g/mol. The highest BCUT2D eigenvalue weighted by molar-refractivity contribution is 5.78. The molecule has 0 bridgehead atoms. The minimum absolute atomic E-state index is 0.168. The third-order valence-corrected chi connectivity index (χ3v) is 6.11. The van der Waals surface area contributed by atoms with E-state index in [-0.39, 0.29) is 11.8 Å². The fourth-order valence-electron chi connectivity index (χ4n) is 4.50. The van der Waals surface area contributed by atoms with Gasteiger partial charge in [-0.25, -0.2) is 0 Å². The molecule has 1 amide bonds. The van der Waals surface area contributed by atoms with Crippen molar-refractivity contribution in [1.29, 1.82) is 0 Å². The number of rotatable bonds is 8. The van der Waals surface area contributed by atoms with Gasteiger partial charge in [-0.3, -0.25) is 19.6 Å². The average Bonchev–Trinajstić information content (AvgIpc) is 2.72. The first-order valence-electron chi connectivity index (χ1n) is 10.9. The van der Waals surface area contributed by atoms with Gasteiger partial charge in [-0.2, -0.15) is 0 Å². The quantitative estimate of drug-likeness (QED) is 0.690. The third kappa shape index (κ3) is 6.54. The molecule has 0 aliphatic carbocycles. The van der Waals surface area contributed by atoms with Crippen LogP contribution in [0.15, 0.2) is 24.5 Å². The molecule has 2 fully saturated rings. The Labute approximate surface area is 170 Å². The molecule has 0 spiro atoms. The molecule has 0 unspecified atom stereocenters. The zero-order chi connectivity index (χ0) is 19.8. The maximum atomic E-state index is 12.6. The molecule has 3 heterocycles. The Morgan fingerprint density at radius 3 is 2.79 bits per heavy atom. The van der Waals surface area contributed by atoms with Gasteiger partial charge in [0.05, 0.1) is 5.92 Å². The SMILES string of the molecule is CN(C)CCCNC(=O)[C@H]1CCCN(C2CCN(Cc3cccnc3)CC2)C1. The van der Waals surface area contributed by atoms with Crippen molar-refractivity contribution >= 4 is 5.91 Å². The molecule has 28 heavy (non-hydrogen) atoms. The lowest BCUT2D eigenvalue weighted by Gasteiger charge is -2.42. The predicted molar refractivity (Wildman–Crippen MR) is 113 cm³/mol. The van der Waals surface area contributed by atoms with Crippen LogP contribution in [0, 0.1) is 5.92 Å². The highest BCUT2D eigenvalue weighted by Gasteiger charge is 2.31. The molecular weight excluding hydrogens is 350 g/mol. The van der Waals surface area contributed by atoms with E-state index in [4.69, 9.17) is 0 Å². The number of piperidine rings is 2. The van der Waals surface area contributed by atoms with Crippen molar-refractivity contribution in [2.75, 3.05) is 53.4 Å². The maximum Gasteiger partial charge on any atom is 0.224 e. The van der Waals surface area contributed by atoms with E-state index >= 15 is 0 Å². The van der Waals surface area contributed by atoms with Crippen LogP contribution in [0.3, 0.4) is 0 Å². The number of carbonyl (C=O) groups is 1. The molecule has 0 aromatic carbocycles. The lowest BCUT2D eigenvalue weighted by Crippen LogP contribution is -2.50. The minimum atomic E-state index is 0.168. The van der Waals surface area contributed by atoms with Gasteiger partial charge in [0.15, 0.2) is 0 Å². The van der Waals surface area contributed by atoms with E-state index in [2.05, 4.69) is 45.2 Å². The first-order chi connectivity index (χ1) is 13.6. The van der Waals surface area contributed by atoms with Crippen molar-refractivity contribution in [3.63, 3.8) is 0 Å². The van der Waals surface area contributed by atoms with Gasteiger partial charge in [0, 0.05) is 38.1 Å². The van der Waals surface area contributed by atoms with Crippen molar-refractivity contribution in [3.8, 4) is 0 Å². The molecule has 1 N–H and O–H groups in total. The molecule has 6 nitrogen and oxygen atoms in total. The van der Waals surface area contributed by atoms with Crippen LogP contribution in [0.2, 0.25) is 0 Å². The monoisotopic (exact) mass is 387 g/mol. The Bertz CT molecular complexity index is 586. The first kappa shape index (κ1) is 21.2. The van der Waals surface area contributed by atoms with E-state index in [1.54, 1.807) is 0 Å². The fourth-order valence-corrected chi connectivity index (χ4v) is 4.50. The van der Waals surface area contributed by atoms with Crippen LogP contribution in [-0.4, -0.2) is 85.0 Å². The Balaban J connectivity index is 1.39. The molecular formula is C22H37N5O. The number of nitrogens with zero attached hydrogens (tertiary/aromatic N) is 4. The Morgan fingerprint density at radius 1 is 1.25 bits per heavy atom. The van der Waals surface area contributed by atoms with E-state index in [9.17, 15) is 4.79 Å². The second-order valence-electron chi connectivity index (χ2n) is 8.65. The second kappa shape index (κ2) is 10.9. The number of nitrogens with one attached hydrogen (secondary N) is 1. The van der Waals surface area contributed by atoms with Crippen molar-refractivity contribution < 1.29 is 4.79 Å². The molecule has 3 rings (SSSR count). The third-order valence-electron chi connectivity index (χ3n) is 6.11. The van der Waals surface area contributed by atoms with Gasteiger partial charge in [-0.1, -0.05) is 6.07 Å². The predicted octanol–water partition coefficient (Wildman–Crippen LogP) is 1.83. The summed E-state index contributed by atoms with van der Waals surface area (Å²) in [4.78, 5) is 24.1. The van der Waals surface area contributed by atoms with Crippen molar-refractivity contribution in [3.05, 3.63) is 30.1 Å². The lowest BCUT2D eigenvalue weighted by atomic mass is 9.93. The van der Waals surface area contributed by atoms with Gasteiger partial charge in [0.2, 0.25) is 5.91 Å². The van der Waals surface area contributed by atoms with E-state index in [1.165, 1.54) is 18.4 Å². The second-order valence-corrected chi connectivity index (χ2v) is 8.65. The normalized spacial score (nSPS) is 22.5. The zero-order valence-corrected chi connectivity index (χ0v) is 17.6. The highest BCUT2D eigenvalue weighted by atomic mass is 16.1. The standard InChI is InChI=1S/C22H37N5O/c1-25(2)12-5-11-24-22(28)20-7-4-13-27(18-20)21-8-14-26(15-9-21)17-19-6-3-10-23-16-19/h3,6,10,16,20-21H,4-5,7-9,11-15,17-18H2,1-2H3,(H,24,28)/t20-/m0/s1.